The molecule has 0 aliphatic carbocycles. The monoisotopic (exact) mass is 285 g/mol. The Bertz CT molecular complexity index is 948. The number of amides is 1. The number of aromatic amines is 1. The van der Waals surface area contributed by atoms with Crippen LogP contribution >= 0.6 is 0 Å². The van der Waals surface area contributed by atoms with Gasteiger partial charge in [0.2, 0.25) is 0 Å². The molecule has 2 N–H and O–H groups in total. The maximum absolute atomic E-state index is 12.1. The fourth-order valence-corrected chi connectivity index (χ4v) is 1.92. The highest BCUT2D eigenvalue weighted by Gasteiger charge is 2.09. The third-order valence-corrected chi connectivity index (χ3v) is 3.04. The second-order valence-electron chi connectivity index (χ2n) is 4.54. The van der Waals surface area contributed by atoms with Crippen molar-refractivity contribution in [2.75, 3.05) is 5.32 Å². The fraction of sp³-hybridized carbons (Fsp3) is 0.0714. The SMILES string of the molecule is Cn1ccc(C(=O)Nc2ccc3oc(=O)[nH]c3c2)cc1=O. The van der Waals surface area contributed by atoms with Crippen LogP contribution in [-0.2, 0) is 7.05 Å². The number of nitrogens with zero attached hydrogens (tertiary/aromatic N) is 1. The predicted octanol–water partition coefficient (Wildman–Crippen LogP) is 1.07. The van der Waals surface area contributed by atoms with E-state index < -0.39 is 11.7 Å². The van der Waals surface area contributed by atoms with Crippen molar-refractivity contribution in [2.45, 2.75) is 0 Å². The van der Waals surface area contributed by atoms with Crippen molar-refractivity contribution in [2.24, 2.45) is 7.05 Å². The minimum absolute atomic E-state index is 0.263. The highest BCUT2D eigenvalue weighted by Crippen LogP contribution is 2.16. The number of H-pyrrole nitrogens is 1. The van der Waals surface area contributed by atoms with Crippen LogP contribution in [0.15, 0.2) is 50.5 Å². The summed E-state index contributed by atoms with van der Waals surface area (Å²) in [5.74, 6) is -0.960. The van der Waals surface area contributed by atoms with Crippen molar-refractivity contribution in [3.63, 3.8) is 0 Å². The molecule has 0 radical (unpaired) electrons. The summed E-state index contributed by atoms with van der Waals surface area (Å²) in [4.78, 5) is 37.1. The minimum atomic E-state index is -0.556. The van der Waals surface area contributed by atoms with Crippen molar-refractivity contribution in [1.82, 2.24) is 9.55 Å². The van der Waals surface area contributed by atoms with Gasteiger partial charge in [0.25, 0.3) is 11.5 Å². The average molecular weight is 285 g/mol. The number of anilines is 1. The first kappa shape index (κ1) is 12.9. The zero-order chi connectivity index (χ0) is 15.0. The number of benzene rings is 1. The molecule has 106 valence electrons. The molecule has 0 fully saturated rings. The van der Waals surface area contributed by atoms with E-state index in [4.69, 9.17) is 4.42 Å². The molecule has 0 spiro atoms. The van der Waals surface area contributed by atoms with Gasteiger partial charge in [-0.3, -0.25) is 14.6 Å². The Labute approximate surface area is 117 Å². The van der Waals surface area contributed by atoms with Crippen LogP contribution < -0.4 is 16.6 Å². The molecular formula is C14H11N3O4. The molecule has 7 nitrogen and oxygen atoms in total. The molecule has 7 heteroatoms. The largest absolute Gasteiger partial charge is 0.417 e. The number of aryl methyl sites for hydroxylation is 1. The topological polar surface area (TPSA) is 97.1 Å². The van der Waals surface area contributed by atoms with Crippen LogP contribution in [-0.4, -0.2) is 15.5 Å². The number of nitrogens with one attached hydrogen (secondary N) is 2. The van der Waals surface area contributed by atoms with Gasteiger partial charge in [-0.15, -0.1) is 0 Å². The number of hydrogen-bond donors (Lipinski definition) is 2. The summed E-state index contributed by atoms with van der Waals surface area (Å²) in [7, 11) is 1.60. The summed E-state index contributed by atoms with van der Waals surface area (Å²) in [5, 5.41) is 2.66. The average Bonchev–Trinajstić information content (AvgIpc) is 2.81. The zero-order valence-electron chi connectivity index (χ0n) is 11.0. The Kier molecular flexibility index (Phi) is 2.94. The first-order valence-electron chi connectivity index (χ1n) is 6.14. The minimum Gasteiger partial charge on any atom is -0.408 e. The summed E-state index contributed by atoms with van der Waals surface area (Å²) in [6.45, 7) is 0. The third kappa shape index (κ3) is 2.48. The van der Waals surface area contributed by atoms with Gasteiger partial charge in [0.15, 0.2) is 5.58 Å². The second kappa shape index (κ2) is 4.78. The van der Waals surface area contributed by atoms with Gasteiger partial charge in [-0.2, -0.15) is 0 Å². The van der Waals surface area contributed by atoms with Crippen LogP contribution in [0.25, 0.3) is 11.1 Å². The number of hydrogen-bond acceptors (Lipinski definition) is 4. The molecular weight excluding hydrogens is 274 g/mol. The smallest absolute Gasteiger partial charge is 0.408 e. The Morgan fingerprint density at radius 1 is 1.24 bits per heavy atom. The quantitative estimate of drug-likeness (QED) is 0.736. The van der Waals surface area contributed by atoms with Crippen LogP contribution in [0.5, 0.6) is 0 Å². The van der Waals surface area contributed by atoms with E-state index in [0.29, 0.717) is 16.8 Å². The Morgan fingerprint density at radius 2 is 2.05 bits per heavy atom. The van der Waals surface area contributed by atoms with Crippen LogP contribution in [0.3, 0.4) is 0 Å². The number of fused-ring (bicyclic) bond motifs is 1. The Morgan fingerprint density at radius 3 is 2.81 bits per heavy atom. The van der Waals surface area contributed by atoms with Crippen molar-refractivity contribution in [1.29, 1.82) is 0 Å². The molecule has 3 aromatic rings. The molecule has 1 amide bonds. The number of rotatable bonds is 2. The number of pyridine rings is 1. The van der Waals surface area contributed by atoms with E-state index in [9.17, 15) is 14.4 Å². The van der Waals surface area contributed by atoms with Gasteiger partial charge in [0, 0.05) is 30.6 Å². The Hall–Kier alpha value is -3.09. The first-order chi connectivity index (χ1) is 10.0. The molecule has 3 rings (SSSR count). The van der Waals surface area contributed by atoms with Crippen LogP contribution in [0.1, 0.15) is 10.4 Å². The van der Waals surface area contributed by atoms with Crippen molar-refractivity contribution in [3.05, 3.63) is 63.0 Å². The van der Waals surface area contributed by atoms with E-state index in [2.05, 4.69) is 10.3 Å². The summed E-state index contributed by atoms with van der Waals surface area (Å²) in [6, 6.07) is 7.58. The van der Waals surface area contributed by atoms with Crippen LogP contribution in [0, 0.1) is 0 Å². The lowest BCUT2D eigenvalue weighted by Gasteiger charge is -2.05. The molecule has 21 heavy (non-hydrogen) atoms. The molecule has 0 aliphatic heterocycles. The summed E-state index contributed by atoms with van der Waals surface area (Å²) in [5.41, 5.74) is 1.38. The fourth-order valence-electron chi connectivity index (χ4n) is 1.92. The number of carbonyl (C=O) groups excluding carboxylic acids is 1. The highest BCUT2D eigenvalue weighted by atomic mass is 16.4. The van der Waals surface area contributed by atoms with E-state index in [-0.39, 0.29) is 11.1 Å². The molecule has 2 aromatic heterocycles. The standard InChI is InChI=1S/C14H11N3O4/c1-17-5-4-8(6-12(17)18)13(19)15-9-2-3-11-10(7-9)16-14(20)21-11/h2-7H,1H3,(H,15,19)(H,16,20). The van der Waals surface area contributed by atoms with Crippen molar-refractivity contribution < 1.29 is 9.21 Å². The highest BCUT2D eigenvalue weighted by molar-refractivity contribution is 6.04. The summed E-state index contributed by atoms with van der Waals surface area (Å²) < 4.78 is 6.25. The van der Waals surface area contributed by atoms with Gasteiger partial charge < -0.3 is 14.3 Å². The van der Waals surface area contributed by atoms with E-state index >= 15 is 0 Å². The molecule has 0 saturated heterocycles. The van der Waals surface area contributed by atoms with Crippen LogP contribution in [0.4, 0.5) is 5.69 Å². The zero-order valence-corrected chi connectivity index (χ0v) is 11.0. The van der Waals surface area contributed by atoms with Crippen molar-refractivity contribution in [3.8, 4) is 0 Å². The lowest BCUT2D eigenvalue weighted by Crippen LogP contribution is -2.19. The van der Waals surface area contributed by atoms with E-state index in [1.54, 1.807) is 31.3 Å². The Balaban J connectivity index is 1.89. The number of aromatic nitrogens is 2. The normalized spacial score (nSPS) is 10.7. The first-order valence-corrected chi connectivity index (χ1v) is 6.14. The maximum atomic E-state index is 12.1. The molecule has 1 aromatic carbocycles. The molecule has 0 unspecified atom stereocenters. The molecule has 0 aliphatic rings. The lowest BCUT2D eigenvalue weighted by atomic mass is 10.2. The van der Waals surface area contributed by atoms with E-state index in [0.717, 1.165) is 0 Å². The van der Waals surface area contributed by atoms with Crippen molar-refractivity contribution >= 4 is 22.7 Å². The lowest BCUT2D eigenvalue weighted by molar-refractivity contribution is 0.102. The van der Waals surface area contributed by atoms with Crippen LogP contribution in [0.2, 0.25) is 0 Å². The molecule has 2 heterocycles. The number of oxazole rings is 1. The summed E-state index contributed by atoms with van der Waals surface area (Å²) >= 11 is 0. The molecule has 0 atom stereocenters. The predicted molar refractivity (Wildman–Crippen MR) is 76.5 cm³/mol. The van der Waals surface area contributed by atoms with Gasteiger partial charge in [-0.05, 0) is 24.3 Å². The maximum Gasteiger partial charge on any atom is 0.417 e. The van der Waals surface area contributed by atoms with Gasteiger partial charge in [-0.1, -0.05) is 0 Å². The second-order valence-corrected chi connectivity index (χ2v) is 4.54. The molecule has 0 bridgehead atoms. The van der Waals surface area contributed by atoms with E-state index in [1.807, 2.05) is 0 Å². The van der Waals surface area contributed by atoms with Gasteiger partial charge >= 0.3 is 5.76 Å². The van der Waals surface area contributed by atoms with E-state index in [1.165, 1.54) is 16.8 Å². The van der Waals surface area contributed by atoms with Gasteiger partial charge in [0.1, 0.15) is 0 Å². The summed E-state index contributed by atoms with van der Waals surface area (Å²) in [6.07, 6.45) is 1.52. The third-order valence-electron chi connectivity index (χ3n) is 3.04. The van der Waals surface area contributed by atoms with Gasteiger partial charge in [-0.25, -0.2) is 4.79 Å². The number of carbonyl (C=O) groups is 1. The van der Waals surface area contributed by atoms with Gasteiger partial charge in [0.05, 0.1) is 5.52 Å². The molecule has 0 saturated carbocycles.